The summed E-state index contributed by atoms with van der Waals surface area (Å²) in [7, 11) is 1.60. The number of nitrogens with zero attached hydrogens (tertiary/aromatic N) is 1. The second kappa shape index (κ2) is 7.59. The molecule has 20 heavy (non-hydrogen) atoms. The standard InChI is InChI=1S/C14H15N3O3/c1-3-20-14(19)10-4-6-12(7-5-10)17-13(18)11(8-15)9-16-2/h4-7,9,16H,3H2,1-2H3,(H,17,18)/b11-9-. The Morgan fingerprint density at radius 1 is 1.35 bits per heavy atom. The van der Waals surface area contributed by atoms with Crippen molar-refractivity contribution < 1.29 is 14.3 Å². The van der Waals surface area contributed by atoms with Crippen molar-refractivity contribution >= 4 is 17.6 Å². The summed E-state index contributed by atoms with van der Waals surface area (Å²) in [5.41, 5.74) is 0.846. The van der Waals surface area contributed by atoms with Crippen LogP contribution in [0.4, 0.5) is 5.69 Å². The number of esters is 1. The molecule has 0 aromatic heterocycles. The largest absolute Gasteiger partial charge is 0.462 e. The Hall–Kier alpha value is -2.81. The highest BCUT2D eigenvalue weighted by molar-refractivity contribution is 6.06. The third-order valence-corrected chi connectivity index (χ3v) is 2.31. The van der Waals surface area contributed by atoms with E-state index in [-0.39, 0.29) is 5.57 Å². The molecule has 1 amide bonds. The molecule has 0 radical (unpaired) electrons. The van der Waals surface area contributed by atoms with Gasteiger partial charge in [0, 0.05) is 18.9 Å². The Labute approximate surface area is 117 Å². The number of nitrogens with one attached hydrogen (secondary N) is 2. The lowest BCUT2D eigenvalue weighted by molar-refractivity contribution is -0.112. The van der Waals surface area contributed by atoms with E-state index in [2.05, 4.69) is 10.6 Å². The predicted molar refractivity (Wildman–Crippen MR) is 73.8 cm³/mol. The van der Waals surface area contributed by atoms with E-state index in [4.69, 9.17) is 10.00 Å². The van der Waals surface area contributed by atoms with Gasteiger partial charge in [0.2, 0.25) is 0 Å². The zero-order valence-corrected chi connectivity index (χ0v) is 11.3. The van der Waals surface area contributed by atoms with E-state index in [9.17, 15) is 9.59 Å². The first-order chi connectivity index (χ1) is 9.62. The van der Waals surface area contributed by atoms with Crippen LogP contribution >= 0.6 is 0 Å². The molecule has 2 N–H and O–H groups in total. The highest BCUT2D eigenvalue weighted by Gasteiger charge is 2.10. The fraction of sp³-hybridized carbons (Fsp3) is 0.214. The van der Waals surface area contributed by atoms with Crippen molar-refractivity contribution in [3.05, 3.63) is 41.6 Å². The van der Waals surface area contributed by atoms with Gasteiger partial charge in [-0.2, -0.15) is 5.26 Å². The van der Waals surface area contributed by atoms with Crippen LogP contribution in [0, 0.1) is 11.3 Å². The number of benzene rings is 1. The molecule has 0 heterocycles. The molecule has 0 saturated heterocycles. The van der Waals surface area contributed by atoms with Crippen LogP contribution in [0.15, 0.2) is 36.0 Å². The SMILES string of the molecule is CCOC(=O)c1ccc(NC(=O)/C(C#N)=C\NC)cc1. The lowest BCUT2D eigenvalue weighted by Crippen LogP contribution is -2.15. The fourth-order valence-electron chi connectivity index (χ4n) is 1.40. The first kappa shape index (κ1) is 15.2. The molecular weight excluding hydrogens is 258 g/mol. The normalized spacial score (nSPS) is 10.3. The Morgan fingerprint density at radius 2 is 2.00 bits per heavy atom. The number of carbonyl (C=O) groups is 2. The van der Waals surface area contributed by atoms with E-state index in [0.717, 1.165) is 0 Å². The van der Waals surface area contributed by atoms with Crippen LogP contribution < -0.4 is 10.6 Å². The van der Waals surface area contributed by atoms with Gasteiger partial charge >= 0.3 is 5.97 Å². The van der Waals surface area contributed by atoms with Gasteiger partial charge in [-0.1, -0.05) is 0 Å². The summed E-state index contributed by atoms with van der Waals surface area (Å²) in [5.74, 6) is -0.941. The summed E-state index contributed by atoms with van der Waals surface area (Å²) in [6.45, 7) is 2.03. The summed E-state index contributed by atoms with van der Waals surface area (Å²) in [4.78, 5) is 23.2. The van der Waals surface area contributed by atoms with Crippen molar-refractivity contribution in [3.63, 3.8) is 0 Å². The fourth-order valence-corrected chi connectivity index (χ4v) is 1.40. The Bertz CT molecular complexity index is 556. The number of rotatable bonds is 5. The summed E-state index contributed by atoms with van der Waals surface area (Å²) >= 11 is 0. The molecule has 0 spiro atoms. The van der Waals surface area contributed by atoms with Gasteiger partial charge in [0.1, 0.15) is 11.6 Å². The molecule has 0 fully saturated rings. The zero-order chi connectivity index (χ0) is 15.0. The number of nitriles is 1. The number of hydrogen-bond donors (Lipinski definition) is 2. The summed E-state index contributed by atoms with van der Waals surface area (Å²) in [5, 5.41) is 14.0. The molecule has 0 atom stereocenters. The van der Waals surface area contributed by atoms with E-state index < -0.39 is 11.9 Å². The monoisotopic (exact) mass is 273 g/mol. The average molecular weight is 273 g/mol. The van der Waals surface area contributed by atoms with Crippen molar-refractivity contribution in [3.8, 4) is 6.07 Å². The third kappa shape index (κ3) is 4.14. The zero-order valence-electron chi connectivity index (χ0n) is 11.3. The van der Waals surface area contributed by atoms with Crippen LogP contribution in [0.5, 0.6) is 0 Å². The highest BCUT2D eigenvalue weighted by atomic mass is 16.5. The van der Waals surface area contributed by atoms with Gasteiger partial charge in [-0.25, -0.2) is 4.79 Å². The Kier molecular flexibility index (Phi) is 5.78. The first-order valence-electron chi connectivity index (χ1n) is 5.98. The molecule has 0 unspecified atom stereocenters. The average Bonchev–Trinajstić information content (AvgIpc) is 2.45. The highest BCUT2D eigenvalue weighted by Crippen LogP contribution is 2.11. The van der Waals surface area contributed by atoms with Gasteiger partial charge in [-0.15, -0.1) is 0 Å². The van der Waals surface area contributed by atoms with Gasteiger partial charge < -0.3 is 15.4 Å². The van der Waals surface area contributed by atoms with Crippen molar-refractivity contribution in [2.45, 2.75) is 6.92 Å². The number of hydrogen-bond acceptors (Lipinski definition) is 5. The molecule has 0 aliphatic carbocycles. The van der Waals surface area contributed by atoms with Crippen LogP contribution in [0.1, 0.15) is 17.3 Å². The van der Waals surface area contributed by atoms with Crippen LogP contribution in [-0.4, -0.2) is 25.5 Å². The molecule has 0 aliphatic rings. The second-order valence-corrected chi connectivity index (χ2v) is 3.71. The van der Waals surface area contributed by atoms with Gasteiger partial charge in [0.15, 0.2) is 0 Å². The molecule has 1 aromatic carbocycles. The summed E-state index contributed by atoms with van der Waals surface area (Å²) < 4.78 is 4.85. The number of anilines is 1. The van der Waals surface area contributed by atoms with Crippen molar-refractivity contribution in [2.75, 3.05) is 19.0 Å². The lowest BCUT2D eigenvalue weighted by Gasteiger charge is -2.06. The van der Waals surface area contributed by atoms with Crippen LogP contribution in [0.25, 0.3) is 0 Å². The van der Waals surface area contributed by atoms with E-state index in [1.54, 1.807) is 44.3 Å². The molecule has 104 valence electrons. The maximum absolute atomic E-state index is 11.7. The van der Waals surface area contributed by atoms with E-state index in [1.165, 1.54) is 6.20 Å². The predicted octanol–water partition coefficient (Wildman–Crippen LogP) is 1.43. The van der Waals surface area contributed by atoms with E-state index in [1.807, 2.05) is 0 Å². The van der Waals surface area contributed by atoms with E-state index >= 15 is 0 Å². The molecule has 1 rings (SSSR count). The topological polar surface area (TPSA) is 91.2 Å². The van der Waals surface area contributed by atoms with Crippen molar-refractivity contribution in [1.82, 2.24) is 5.32 Å². The molecule has 6 nitrogen and oxygen atoms in total. The summed E-state index contributed by atoms with van der Waals surface area (Å²) in [6, 6.07) is 8.00. The van der Waals surface area contributed by atoms with Crippen molar-refractivity contribution in [2.24, 2.45) is 0 Å². The third-order valence-electron chi connectivity index (χ3n) is 2.31. The minimum Gasteiger partial charge on any atom is -0.462 e. The maximum Gasteiger partial charge on any atom is 0.338 e. The van der Waals surface area contributed by atoms with Crippen LogP contribution in [0.2, 0.25) is 0 Å². The minimum atomic E-state index is -0.522. The van der Waals surface area contributed by atoms with Gasteiger partial charge in [0.25, 0.3) is 5.91 Å². The lowest BCUT2D eigenvalue weighted by atomic mass is 10.2. The molecule has 1 aromatic rings. The molecular formula is C14H15N3O3. The van der Waals surface area contributed by atoms with Crippen molar-refractivity contribution in [1.29, 1.82) is 5.26 Å². The Morgan fingerprint density at radius 3 is 2.50 bits per heavy atom. The number of carbonyl (C=O) groups excluding carboxylic acids is 2. The van der Waals surface area contributed by atoms with Crippen LogP contribution in [-0.2, 0) is 9.53 Å². The minimum absolute atomic E-state index is 0.0398. The first-order valence-corrected chi connectivity index (χ1v) is 5.98. The number of amides is 1. The number of ether oxygens (including phenoxy) is 1. The van der Waals surface area contributed by atoms with Gasteiger partial charge in [-0.3, -0.25) is 4.79 Å². The maximum atomic E-state index is 11.7. The van der Waals surface area contributed by atoms with Gasteiger partial charge in [-0.05, 0) is 31.2 Å². The molecule has 0 saturated carbocycles. The second-order valence-electron chi connectivity index (χ2n) is 3.71. The van der Waals surface area contributed by atoms with Crippen LogP contribution in [0.3, 0.4) is 0 Å². The smallest absolute Gasteiger partial charge is 0.338 e. The quantitative estimate of drug-likeness (QED) is 0.481. The molecule has 0 aliphatic heterocycles. The summed E-state index contributed by atoms with van der Waals surface area (Å²) in [6.07, 6.45) is 1.31. The van der Waals surface area contributed by atoms with E-state index in [0.29, 0.717) is 17.9 Å². The molecule has 6 heteroatoms. The van der Waals surface area contributed by atoms with Gasteiger partial charge in [0.05, 0.1) is 12.2 Å². The molecule has 0 bridgehead atoms. The Balaban J connectivity index is 2.76.